The molecule has 2 aromatic rings. The van der Waals surface area contributed by atoms with E-state index in [9.17, 15) is 9.59 Å². The summed E-state index contributed by atoms with van der Waals surface area (Å²) in [6, 6.07) is 19.0. The average Bonchev–Trinajstić information content (AvgIpc) is 2.67. The number of esters is 1. The van der Waals surface area contributed by atoms with Crippen LogP contribution in [-0.4, -0.2) is 30.8 Å². The van der Waals surface area contributed by atoms with Gasteiger partial charge in [0.15, 0.2) is 0 Å². The lowest BCUT2D eigenvalue weighted by Gasteiger charge is -2.24. The Kier molecular flexibility index (Phi) is 8.01. The lowest BCUT2D eigenvalue weighted by atomic mass is 9.97. The van der Waals surface area contributed by atoms with Crippen LogP contribution in [-0.2, 0) is 20.7 Å². The van der Waals surface area contributed by atoms with Gasteiger partial charge in [0.25, 0.3) is 0 Å². The molecule has 2 rings (SSSR count). The summed E-state index contributed by atoms with van der Waals surface area (Å²) in [7, 11) is 1.36. The standard InChI is InChI=1S/C24H29NO4/c1-24(2,3)29-23(27)25-21(16-19-13-9-6-10-14-19)17-20(22(26)28-4)15-18-11-7-5-8-12-18/h5-15,21H,16-17H2,1-4H3,(H,25,27)/b20-15+. The van der Waals surface area contributed by atoms with Crippen molar-refractivity contribution in [1.29, 1.82) is 0 Å². The fourth-order valence-electron chi connectivity index (χ4n) is 2.90. The second kappa shape index (κ2) is 10.5. The third-order valence-corrected chi connectivity index (χ3v) is 4.10. The van der Waals surface area contributed by atoms with Gasteiger partial charge in [-0.3, -0.25) is 0 Å². The molecular weight excluding hydrogens is 366 g/mol. The minimum absolute atomic E-state index is 0.315. The lowest BCUT2D eigenvalue weighted by molar-refractivity contribution is -0.136. The Balaban J connectivity index is 2.25. The first-order valence-electron chi connectivity index (χ1n) is 9.64. The number of hydrogen-bond acceptors (Lipinski definition) is 4. The van der Waals surface area contributed by atoms with E-state index in [1.54, 1.807) is 6.08 Å². The molecule has 0 bridgehead atoms. The number of amides is 1. The molecule has 0 saturated heterocycles. The topological polar surface area (TPSA) is 64.6 Å². The molecule has 0 saturated carbocycles. The van der Waals surface area contributed by atoms with Crippen molar-refractivity contribution in [1.82, 2.24) is 5.32 Å². The number of hydrogen-bond donors (Lipinski definition) is 1. The van der Waals surface area contributed by atoms with Crippen molar-refractivity contribution >= 4 is 18.1 Å². The van der Waals surface area contributed by atoms with Gasteiger partial charge in [-0.15, -0.1) is 0 Å². The minimum atomic E-state index is -0.605. The summed E-state index contributed by atoms with van der Waals surface area (Å²) < 4.78 is 10.4. The smallest absolute Gasteiger partial charge is 0.407 e. The van der Waals surface area contributed by atoms with Gasteiger partial charge < -0.3 is 14.8 Å². The third-order valence-electron chi connectivity index (χ3n) is 4.10. The monoisotopic (exact) mass is 395 g/mol. The molecule has 0 aromatic heterocycles. The van der Waals surface area contributed by atoms with Crippen LogP contribution >= 0.6 is 0 Å². The summed E-state index contributed by atoms with van der Waals surface area (Å²) in [5.41, 5.74) is 1.82. The van der Waals surface area contributed by atoms with Crippen molar-refractivity contribution in [3.05, 3.63) is 77.4 Å². The molecule has 154 valence electrons. The van der Waals surface area contributed by atoms with E-state index < -0.39 is 17.7 Å². The first kappa shape index (κ1) is 22.2. The Hall–Kier alpha value is -3.08. The number of methoxy groups -OCH3 is 1. The maximum Gasteiger partial charge on any atom is 0.407 e. The Morgan fingerprint density at radius 3 is 2.14 bits per heavy atom. The van der Waals surface area contributed by atoms with Gasteiger partial charge in [0, 0.05) is 18.0 Å². The molecule has 0 fully saturated rings. The van der Waals surface area contributed by atoms with Crippen molar-refractivity contribution in [2.75, 3.05) is 7.11 Å². The van der Waals surface area contributed by atoms with Crippen molar-refractivity contribution in [3.8, 4) is 0 Å². The highest BCUT2D eigenvalue weighted by Gasteiger charge is 2.23. The molecule has 29 heavy (non-hydrogen) atoms. The van der Waals surface area contributed by atoms with E-state index in [-0.39, 0.29) is 6.04 Å². The van der Waals surface area contributed by atoms with Gasteiger partial charge in [0.05, 0.1) is 7.11 Å². The SMILES string of the molecule is COC(=O)/C(=C/c1ccccc1)CC(Cc1ccccc1)NC(=O)OC(C)(C)C. The zero-order chi connectivity index (χ0) is 21.3. The molecule has 1 amide bonds. The van der Waals surface area contributed by atoms with Crippen LogP contribution in [0.3, 0.4) is 0 Å². The molecule has 0 heterocycles. The molecule has 5 nitrogen and oxygen atoms in total. The number of ether oxygens (including phenoxy) is 2. The van der Waals surface area contributed by atoms with Gasteiger partial charge in [-0.05, 0) is 44.4 Å². The van der Waals surface area contributed by atoms with Crippen molar-refractivity contribution in [2.45, 2.75) is 45.3 Å². The number of nitrogens with one attached hydrogen (secondary N) is 1. The largest absolute Gasteiger partial charge is 0.466 e. The first-order valence-corrected chi connectivity index (χ1v) is 9.64. The van der Waals surface area contributed by atoms with Crippen LogP contribution in [0.25, 0.3) is 6.08 Å². The van der Waals surface area contributed by atoms with E-state index in [0.29, 0.717) is 18.4 Å². The van der Waals surface area contributed by atoms with Crippen LogP contribution in [0.1, 0.15) is 38.3 Å². The van der Waals surface area contributed by atoms with Gasteiger partial charge in [-0.1, -0.05) is 60.7 Å². The summed E-state index contributed by atoms with van der Waals surface area (Å²) in [6.07, 6.45) is 2.15. The summed E-state index contributed by atoms with van der Waals surface area (Å²) >= 11 is 0. The highest BCUT2D eigenvalue weighted by molar-refractivity contribution is 5.93. The summed E-state index contributed by atoms with van der Waals surface area (Å²) in [4.78, 5) is 24.8. The molecule has 0 spiro atoms. The van der Waals surface area contributed by atoms with Crippen molar-refractivity contribution in [3.63, 3.8) is 0 Å². The van der Waals surface area contributed by atoms with Crippen molar-refractivity contribution < 1.29 is 19.1 Å². The van der Waals surface area contributed by atoms with E-state index >= 15 is 0 Å². The summed E-state index contributed by atoms with van der Waals surface area (Å²) in [6.45, 7) is 5.44. The van der Waals surface area contributed by atoms with E-state index in [1.807, 2.05) is 81.4 Å². The van der Waals surface area contributed by atoms with Crippen molar-refractivity contribution in [2.24, 2.45) is 0 Å². The zero-order valence-electron chi connectivity index (χ0n) is 17.5. The quantitative estimate of drug-likeness (QED) is 0.542. The normalized spacial score (nSPS) is 12.8. The van der Waals surface area contributed by atoms with E-state index in [0.717, 1.165) is 11.1 Å². The molecule has 1 unspecified atom stereocenters. The van der Waals surface area contributed by atoms with Gasteiger partial charge in [0.1, 0.15) is 5.60 Å². The molecule has 0 radical (unpaired) electrons. The molecule has 0 aliphatic heterocycles. The molecule has 2 aromatic carbocycles. The van der Waals surface area contributed by atoms with Crippen LogP contribution in [0.15, 0.2) is 66.2 Å². The molecule has 5 heteroatoms. The molecule has 0 aliphatic rings. The number of benzene rings is 2. The van der Waals surface area contributed by atoms with E-state index in [2.05, 4.69) is 5.32 Å². The Bertz CT molecular complexity index is 823. The number of carbonyl (C=O) groups is 2. The summed E-state index contributed by atoms with van der Waals surface area (Å²) in [5.74, 6) is -0.419. The fourth-order valence-corrected chi connectivity index (χ4v) is 2.90. The third kappa shape index (κ3) is 8.21. The van der Waals surface area contributed by atoms with Gasteiger partial charge in [0.2, 0.25) is 0 Å². The number of rotatable bonds is 7. The van der Waals surface area contributed by atoms with Crippen LogP contribution in [0.5, 0.6) is 0 Å². The first-order chi connectivity index (χ1) is 13.8. The molecule has 1 atom stereocenters. The van der Waals surface area contributed by atoms with Crippen LogP contribution in [0.2, 0.25) is 0 Å². The molecule has 1 N–H and O–H groups in total. The Morgan fingerprint density at radius 1 is 1.00 bits per heavy atom. The fraction of sp³-hybridized carbons (Fsp3) is 0.333. The number of carbonyl (C=O) groups excluding carboxylic acids is 2. The van der Waals surface area contributed by atoms with Crippen LogP contribution in [0.4, 0.5) is 4.79 Å². The number of alkyl carbamates (subject to hydrolysis) is 1. The second-order valence-corrected chi connectivity index (χ2v) is 7.81. The maximum absolute atomic E-state index is 12.4. The molecule has 0 aliphatic carbocycles. The predicted molar refractivity (Wildman–Crippen MR) is 114 cm³/mol. The van der Waals surface area contributed by atoms with Gasteiger partial charge >= 0.3 is 12.1 Å². The highest BCUT2D eigenvalue weighted by atomic mass is 16.6. The summed E-state index contributed by atoms with van der Waals surface area (Å²) in [5, 5.41) is 2.91. The Labute approximate surface area is 172 Å². The molecular formula is C24H29NO4. The lowest BCUT2D eigenvalue weighted by Crippen LogP contribution is -2.41. The van der Waals surface area contributed by atoms with Gasteiger partial charge in [-0.2, -0.15) is 0 Å². The maximum atomic E-state index is 12.4. The minimum Gasteiger partial charge on any atom is -0.466 e. The Morgan fingerprint density at radius 2 is 1.59 bits per heavy atom. The predicted octanol–water partition coefficient (Wildman–Crippen LogP) is 4.77. The average molecular weight is 395 g/mol. The van der Waals surface area contributed by atoms with Crippen LogP contribution < -0.4 is 5.32 Å². The van der Waals surface area contributed by atoms with Gasteiger partial charge in [-0.25, -0.2) is 9.59 Å². The zero-order valence-corrected chi connectivity index (χ0v) is 17.5. The van der Waals surface area contributed by atoms with E-state index in [1.165, 1.54) is 7.11 Å². The second-order valence-electron chi connectivity index (χ2n) is 7.81. The van der Waals surface area contributed by atoms with Crippen LogP contribution in [0, 0.1) is 0 Å². The van der Waals surface area contributed by atoms with E-state index in [4.69, 9.17) is 9.47 Å². The highest BCUT2D eigenvalue weighted by Crippen LogP contribution is 2.17.